The molecule has 0 saturated carbocycles. The molecule has 2 nitrogen and oxygen atoms in total. The predicted molar refractivity (Wildman–Crippen MR) is 33.4 cm³/mol. The maximum Gasteiger partial charge on any atom is 0.148 e. The standard InChI is InChI=1S/C3H8O2S2/c1-3-5-7(6)4-2/h3H2,1-2H3. The Hall–Kier alpha value is 0.490. The van der Waals surface area contributed by atoms with Crippen molar-refractivity contribution in [2.45, 2.75) is 6.92 Å². The molecule has 0 aromatic heterocycles. The van der Waals surface area contributed by atoms with Gasteiger partial charge in [-0.25, -0.2) is 0 Å². The van der Waals surface area contributed by atoms with Gasteiger partial charge in [-0.05, 0) is 6.92 Å². The van der Waals surface area contributed by atoms with Crippen molar-refractivity contribution < 1.29 is 8.37 Å². The Morgan fingerprint density at radius 1 is 1.71 bits per heavy atom. The number of hydrogen-bond donors (Lipinski definition) is 0. The van der Waals surface area contributed by atoms with Crippen LogP contribution in [0, 0.1) is 0 Å². The Labute approximate surface area is 50.8 Å². The Morgan fingerprint density at radius 3 is 2.43 bits per heavy atom. The lowest BCUT2D eigenvalue weighted by Gasteiger charge is -1.96. The minimum absolute atomic E-state index is 0.625. The van der Waals surface area contributed by atoms with E-state index in [2.05, 4.69) is 15.4 Å². The molecule has 0 aliphatic rings. The molecule has 7 heavy (non-hydrogen) atoms. The van der Waals surface area contributed by atoms with Crippen LogP contribution in [0.1, 0.15) is 6.92 Å². The summed E-state index contributed by atoms with van der Waals surface area (Å²) in [6, 6.07) is 0. The second-order valence-corrected chi connectivity index (χ2v) is 2.57. The monoisotopic (exact) mass is 140 g/mol. The van der Waals surface area contributed by atoms with Crippen molar-refractivity contribution in [3.05, 3.63) is 0 Å². The molecule has 0 aliphatic carbocycles. The summed E-state index contributed by atoms with van der Waals surface area (Å²) in [7, 11) is 0.840. The average molecular weight is 140 g/mol. The highest BCUT2D eigenvalue weighted by Gasteiger charge is 1.83. The van der Waals surface area contributed by atoms with Crippen LogP contribution in [-0.2, 0) is 29.6 Å². The zero-order valence-corrected chi connectivity index (χ0v) is 5.97. The van der Waals surface area contributed by atoms with Gasteiger partial charge in [-0.1, -0.05) is 0 Å². The van der Waals surface area contributed by atoms with Gasteiger partial charge in [0.25, 0.3) is 0 Å². The average Bonchev–Trinajstić information content (AvgIpc) is 1.68. The molecule has 1 atom stereocenters. The van der Waals surface area contributed by atoms with Gasteiger partial charge in [-0.2, -0.15) is 0 Å². The fourth-order valence-corrected chi connectivity index (χ4v) is 0.722. The number of hydrogen-bond acceptors (Lipinski definition) is 3. The maximum absolute atomic E-state index is 4.81. The van der Waals surface area contributed by atoms with Crippen LogP contribution in [-0.4, -0.2) is 13.7 Å². The highest BCUT2D eigenvalue weighted by Crippen LogP contribution is 1.83. The van der Waals surface area contributed by atoms with Crippen molar-refractivity contribution in [1.29, 1.82) is 0 Å². The molecule has 0 spiro atoms. The summed E-state index contributed by atoms with van der Waals surface area (Å²) in [5.74, 6) is 0. The first-order valence-electron chi connectivity index (χ1n) is 1.90. The molecule has 0 radical (unpaired) electrons. The maximum atomic E-state index is 4.81. The Morgan fingerprint density at radius 2 is 2.29 bits per heavy atom. The van der Waals surface area contributed by atoms with Gasteiger partial charge in [-0.15, -0.1) is 0 Å². The molecule has 0 heterocycles. The lowest BCUT2D eigenvalue weighted by molar-refractivity contribution is 0.330. The normalized spacial score (nSPS) is 14.0. The van der Waals surface area contributed by atoms with Crippen LogP contribution >= 0.6 is 0 Å². The quantitative estimate of drug-likeness (QED) is 0.571. The Kier molecular flexibility index (Phi) is 4.97. The van der Waals surface area contributed by atoms with Crippen LogP contribution in [0.25, 0.3) is 0 Å². The van der Waals surface area contributed by atoms with Gasteiger partial charge in [0, 0.05) is 11.2 Å². The van der Waals surface area contributed by atoms with E-state index in [1.807, 2.05) is 6.92 Å². The lowest BCUT2D eigenvalue weighted by atomic mass is 10.9. The highest BCUT2D eigenvalue weighted by molar-refractivity contribution is 8.23. The third kappa shape index (κ3) is 4.34. The van der Waals surface area contributed by atoms with Crippen LogP contribution in [0.3, 0.4) is 0 Å². The van der Waals surface area contributed by atoms with Crippen LogP contribution in [0.15, 0.2) is 0 Å². The summed E-state index contributed by atoms with van der Waals surface area (Å²) in [6.45, 7) is 2.51. The molecule has 4 heteroatoms. The Balaban J connectivity index is 3.00. The summed E-state index contributed by atoms with van der Waals surface area (Å²) in [5.41, 5.74) is 0. The van der Waals surface area contributed by atoms with E-state index in [1.165, 1.54) is 7.11 Å². The van der Waals surface area contributed by atoms with E-state index in [9.17, 15) is 0 Å². The fraction of sp³-hybridized carbons (Fsp3) is 1.00. The molecule has 0 aliphatic heterocycles. The molecule has 0 aromatic carbocycles. The second kappa shape index (κ2) is 4.64. The topological polar surface area (TPSA) is 18.5 Å². The molecule has 0 bridgehead atoms. The minimum atomic E-state index is -0.694. The van der Waals surface area contributed by atoms with Gasteiger partial charge >= 0.3 is 0 Å². The molecule has 0 amide bonds. The molecular weight excluding hydrogens is 132 g/mol. The molecular formula is C3H8O2S2. The summed E-state index contributed by atoms with van der Waals surface area (Å²) in [4.78, 5) is 0. The molecule has 1 unspecified atom stereocenters. The minimum Gasteiger partial charge on any atom is -0.294 e. The Bertz CT molecular complexity index is 64.0. The second-order valence-electron chi connectivity index (χ2n) is 0.777. The van der Waals surface area contributed by atoms with Crippen molar-refractivity contribution in [1.82, 2.24) is 0 Å². The summed E-state index contributed by atoms with van der Waals surface area (Å²) >= 11 is 4.62. The van der Waals surface area contributed by atoms with Crippen LogP contribution in [0.2, 0.25) is 0 Å². The third-order valence-electron chi connectivity index (χ3n) is 0.350. The van der Waals surface area contributed by atoms with E-state index >= 15 is 0 Å². The van der Waals surface area contributed by atoms with Crippen molar-refractivity contribution in [2.24, 2.45) is 0 Å². The molecule has 0 N–H and O–H groups in total. The van der Waals surface area contributed by atoms with E-state index in [0.29, 0.717) is 6.61 Å². The van der Waals surface area contributed by atoms with E-state index in [4.69, 9.17) is 4.18 Å². The van der Waals surface area contributed by atoms with Crippen LogP contribution < -0.4 is 0 Å². The first kappa shape index (κ1) is 7.49. The van der Waals surface area contributed by atoms with E-state index in [-0.39, 0.29) is 0 Å². The highest BCUT2D eigenvalue weighted by atomic mass is 32.8. The SMILES string of the molecule is CCOS(=S)OC. The summed E-state index contributed by atoms with van der Waals surface area (Å²) < 4.78 is 9.42. The van der Waals surface area contributed by atoms with Gasteiger partial charge in [0.1, 0.15) is 10.0 Å². The smallest absolute Gasteiger partial charge is 0.148 e. The molecule has 0 rings (SSSR count). The predicted octanol–water partition coefficient (Wildman–Crippen LogP) is 0.580. The van der Waals surface area contributed by atoms with Crippen molar-refractivity contribution in [2.75, 3.05) is 13.7 Å². The zero-order valence-electron chi connectivity index (χ0n) is 4.34. The lowest BCUT2D eigenvalue weighted by Crippen LogP contribution is -1.95. The largest absolute Gasteiger partial charge is 0.294 e. The van der Waals surface area contributed by atoms with Crippen LogP contribution in [0.4, 0.5) is 0 Å². The first-order chi connectivity index (χ1) is 3.31. The molecule has 0 saturated heterocycles. The molecule has 0 fully saturated rings. The molecule has 0 aromatic rings. The zero-order chi connectivity index (χ0) is 5.70. The fourth-order valence-electron chi connectivity index (χ4n) is 0.144. The van der Waals surface area contributed by atoms with E-state index < -0.39 is 10.0 Å². The van der Waals surface area contributed by atoms with Gasteiger partial charge in [-0.3, -0.25) is 8.37 Å². The van der Waals surface area contributed by atoms with Gasteiger partial charge < -0.3 is 0 Å². The number of rotatable bonds is 3. The summed E-state index contributed by atoms with van der Waals surface area (Å²) in [6.07, 6.45) is 0. The van der Waals surface area contributed by atoms with Crippen molar-refractivity contribution in [3.8, 4) is 0 Å². The van der Waals surface area contributed by atoms with E-state index in [1.54, 1.807) is 0 Å². The van der Waals surface area contributed by atoms with Crippen molar-refractivity contribution >= 4 is 21.2 Å². The van der Waals surface area contributed by atoms with Gasteiger partial charge in [0.15, 0.2) is 0 Å². The molecule has 44 valence electrons. The first-order valence-corrected chi connectivity index (χ1v) is 3.90. The van der Waals surface area contributed by atoms with Gasteiger partial charge in [0.2, 0.25) is 0 Å². The van der Waals surface area contributed by atoms with Crippen LogP contribution in [0.5, 0.6) is 0 Å². The van der Waals surface area contributed by atoms with Gasteiger partial charge in [0.05, 0.1) is 13.7 Å². The summed E-state index contributed by atoms with van der Waals surface area (Å²) in [5, 5.41) is 0. The third-order valence-corrected chi connectivity index (χ3v) is 1.75. The van der Waals surface area contributed by atoms with Crippen molar-refractivity contribution in [3.63, 3.8) is 0 Å². The van der Waals surface area contributed by atoms with E-state index in [0.717, 1.165) is 0 Å².